The van der Waals surface area contributed by atoms with Crippen LogP contribution in [0.4, 0.5) is 16.2 Å². The highest BCUT2D eigenvalue weighted by Crippen LogP contribution is 2.26. The molecule has 0 spiro atoms. The van der Waals surface area contributed by atoms with Crippen LogP contribution in [-0.2, 0) is 20.2 Å². The number of rotatable bonds is 8. The number of nitrogens with one attached hydrogen (secondary N) is 2. The van der Waals surface area contributed by atoms with E-state index in [-0.39, 0.29) is 21.3 Å². The van der Waals surface area contributed by atoms with Gasteiger partial charge in [-0.3, -0.25) is 0 Å². The Morgan fingerprint density at radius 1 is 0.575 bits per heavy atom. The van der Waals surface area contributed by atoms with E-state index in [1.54, 1.807) is 58.0 Å². The molecule has 0 aliphatic heterocycles. The van der Waals surface area contributed by atoms with Gasteiger partial charge in [0.25, 0.3) is 0 Å². The smallest absolute Gasteiger partial charge is 0.339 e. The molecule has 0 fully saturated rings. The van der Waals surface area contributed by atoms with Gasteiger partial charge in [-0.05, 0) is 98.5 Å². The van der Waals surface area contributed by atoms with Crippen molar-refractivity contribution in [2.24, 2.45) is 0 Å². The molecule has 0 aliphatic carbocycles. The van der Waals surface area contributed by atoms with E-state index >= 15 is 0 Å². The fourth-order valence-corrected chi connectivity index (χ4v) is 6.30. The molecule has 0 saturated carbocycles. The lowest BCUT2D eigenvalue weighted by Gasteiger charge is -2.12. The van der Waals surface area contributed by atoms with E-state index < -0.39 is 26.3 Å². The molecule has 9 nitrogen and oxygen atoms in total. The monoisotopic (exact) mass is 580 g/mol. The van der Waals surface area contributed by atoms with Crippen molar-refractivity contribution >= 4 is 37.6 Å². The third-order valence-corrected chi connectivity index (χ3v) is 8.62. The van der Waals surface area contributed by atoms with Crippen LogP contribution in [0.5, 0.6) is 11.5 Å². The number of urea groups is 1. The fraction of sp³-hybridized carbons (Fsp3) is 0.138. The van der Waals surface area contributed by atoms with Crippen LogP contribution in [0, 0.1) is 27.7 Å². The van der Waals surface area contributed by atoms with Gasteiger partial charge in [0.05, 0.1) is 0 Å². The summed E-state index contributed by atoms with van der Waals surface area (Å²) in [5.74, 6) is 0.118. The topological polar surface area (TPSA) is 128 Å². The summed E-state index contributed by atoms with van der Waals surface area (Å²) in [6, 6.07) is 21.3. The van der Waals surface area contributed by atoms with Gasteiger partial charge in [0.2, 0.25) is 0 Å². The molecule has 2 amide bonds. The van der Waals surface area contributed by atoms with Crippen molar-refractivity contribution in [3.8, 4) is 11.5 Å². The van der Waals surface area contributed by atoms with E-state index in [1.807, 2.05) is 12.1 Å². The molecular weight excluding hydrogens is 552 g/mol. The Bertz CT molecular complexity index is 1780. The van der Waals surface area contributed by atoms with Gasteiger partial charge in [-0.15, -0.1) is 0 Å². The Hall–Kier alpha value is -4.35. The lowest BCUT2D eigenvalue weighted by molar-refractivity contribution is 0.262. The van der Waals surface area contributed by atoms with Gasteiger partial charge in [-0.25, -0.2) is 4.79 Å². The Morgan fingerprint density at radius 2 is 1.07 bits per heavy atom. The highest BCUT2D eigenvalue weighted by molar-refractivity contribution is 7.87. The van der Waals surface area contributed by atoms with Gasteiger partial charge in [-0.1, -0.05) is 30.3 Å². The standard InChI is InChI=1S/C29H28N2O7S2/c1-19-8-10-21(3)27(16-19)39(33,34)37-25-14-12-23(13-15-25)30-29(32)31-24-6-5-7-26(18-24)38-40(35,36)28-17-20(2)9-11-22(28)4/h5-18H,1-4H3,(H2,30,31,32). The number of carbonyl (C=O) groups is 1. The first-order chi connectivity index (χ1) is 18.8. The molecule has 0 aromatic heterocycles. The van der Waals surface area contributed by atoms with Crippen LogP contribution in [0.15, 0.2) is 94.7 Å². The van der Waals surface area contributed by atoms with Crippen molar-refractivity contribution < 1.29 is 30.0 Å². The molecule has 0 bridgehead atoms. The quantitative estimate of drug-likeness (QED) is 0.241. The van der Waals surface area contributed by atoms with E-state index in [2.05, 4.69) is 10.6 Å². The summed E-state index contributed by atoms with van der Waals surface area (Å²) >= 11 is 0. The second-order valence-electron chi connectivity index (χ2n) is 9.24. The zero-order chi connectivity index (χ0) is 29.1. The molecular formula is C29H28N2O7S2. The Balaban J connectivity index is 1.39. The number of benzene rings is 4. The van der Waals surface area contributed by atoms with Gasteiger partial charge in [0.1, 0.15) is 21.3 Å². The molecule has 0 saturated heterocycles. The lowest BCUT2D eigenvalue weighted by atomic mass is 10.2. The second kappa shape index (κ2) is 11.4. The van der Waals surface area contributed by atoms with Crippen molar-refractivity contribution in [2.75, 3.05) is 10.6 Å². The molecule has 11 heteroatoms. The van der Waals surface area contributed by atoms with E-state index in [0.717, 1.165) is 11.1 Å². The highest BCUT2D eigenvalue weighted by Gasteiger charge is 2.21. The third kappa shape index (κ3) is 6.99. The Morgan fingerprint density at radius 3 is 1.62 bits per heavy atom. The minimum Gasteiger partial charge on any atom is -0.379 e. The molecule has 2 N–H and O–H groups in total. The molecule has 0 heterocycles. The summed E-state index contributed by atoms with van der Waals surface area (Å²) in [5, 5.41) is 5.23. The molecule has 208 valence electrons. The fourth-order valence-electron chi connectivity index (χ4n) is 3.81. The SMILES string of the molecule is Cc1ccc(C)c(S(=O)(=O)Oc2ccc(NC(=O)Nc3cccc(OS(=O)(=O)c4cc(C)ccc4C)c3)cc2)c1. The second-order valence-corrected chi connectivity index (χ2v) is 12.3. The predicted octanol–water partition coefficient (Wildman–Crippen LogP) is 6.10. The van der Waals surface area contributed by atoms with E-state index in [1.165, 1.54) is 42.5 Å². The minimum atomic E-state index is -4.08. The van der Waals surface area contributed by atoms with Gasteiger partial charge in [-0.2, -0.15) is 16.8 Å². The maximum absolute atomic E-state index is 12.8. The van der Waals surface area contributed by atoms with Crippen LogP contribution in [-0.4, -0.2) is 22.9 Å². The maximum atomic E-state index is 12.8. The zero-order valence-corrected chi connectivity index (χ0v) is 23.9. The van der Waals surface area contributed by atoms with Crippen LogP contribution in [0.2, 0.25) is 0 Å². The first-order valence-corrected chi connectivity index (χ1v) is 15.0. The summed E-state index contributed by atoms with van der Waals surface area (Å²) in [5.41, 5.74) is 3.36. The van der Waals surface area contributed by atoms with Crippen molar-refractivity contribution in [2.45, 2.75) is 37.5 Å². The van der Waals surface area contributed by atoms with Gasteiger partial charge in [0, 0.05) is 17.4 Å². The highest BCUT2D eigenvalue weighted by atomic mass is 32.2. The van der Waals surface area contributed by atoms with Crippen LogP contribution in [0.1, 0.15) is 22.3 Å². The van der Waals surface area contributed by atoms with Crippen molar-refractivity contribution in [1.29, 1.82) is 0 Å². The number of amides is 2. The molecule has 4 aromatic rings. The Labute approximate surface area is 234 Å². The number of hydrogen-bond donors (Lipinski definition) is 2. The van der Waals surface area contributed by atoms with Crippen molar-refractivity contribution in [3.63, 3.8) is 0 Å². The first-order valence-electron chi connectivity index (χ1n) is 12.1. The van der Waals surface area contributed by atoms with Crippen LogP contribution >= 0.6 is 0 Å². The summed E-state index contributed by atoms with van der Waals surface area (Å²) < 4.78 is 61.6. The molecule has 0 unspecified atom stereocenters. The molecule has 0 atom stereocenters. The number of carbonyl (C=O) groups excluding carboxylic acids is 1. The van der Waals surface area contributed by atoms with Crippen molar-refractivity contribution in [1.82, 2.24) is 0 Å². The Kier molecular flexibility index (Phi) is 8.17. The predicted molar refractivity (Wildman–Crippen MR) is 153 cm³/mol. The van der Waals surface area contributed by atoms with Crippen LogP contribution in [0.3, 0.4) is 0 Å². The largest absolute Gasteiger partial charge is 0.379 e. The summed E-state index contributed by atoms with van der Waals surface area (Å²) in [7, 11) is -8.12. The molecule has 4 aromatic carbocycles. The molecule has 40 heavy (non-hydrogen) atoms. The number of aryl methyl sites for hydroxylation is 4. The van der Waals surface area contributed by atoms with E-state index in [0.29, 0.717) is 22.5 Å². The normalized spacial score (nSPS) is 11.5. The molecule has 0 aliphatic rings. The average Bonchev–Trinajstić information content (AvgIpc) is 2.87. The molecule has 0 radical (unpaired) electrons. The van der Waals surface area contributed by atoms with Crippen LogP contribution < -0.4 is 19.0 Å². The summed E-state index contributed by atoms with van der Waals surface area (Å²) in [6.45, 7) is 6.95. The van der Waals surface area contributed by atoms with Gasteiger partial charge >= 0.3 is 26.3 Å². The molecule has 4 rings (SSSR count). The number of hydrogen-bond acceptors (Lipinski definition) is 7. The van der Waals surface area contributed by atoms with Crippen molar-refractivity contribution in [3.05, 3.63) is 107 Å². The zero-order valence-electron chi connectivity index (χ0n) is 22.3. The van der Waals surface area contributed by atoms with E-state index in [9.17, 15) is 21.6 Å². The third-order valence-electron chi connectivity index (χ3n) is 5.84. The van der Waals surface area contributed by atoms with Gasteiger partial charge in [0.15, 0.2) is 0 Å². The first kappa shape index (κ1) is 28.7. The summed E-state index contributed by atoms with van der Waals surface area (Å²) in [4.78, 5) is 12.7. The average molecular weight is 581 g/mol. The lowest BCUT2D eigenvalue weighted by Crippen LogP contribution is -2.19. The van der Waals surface area contributed by atoms with Crippen LogP contribution in [0.25, 0.3) is 0 Å². The van der Waals surface area contributed by atoms with Gasteiger partial charge < -0.3 is 19.0 Å². The maximum Gasteiger partial charge on any atom is 0.339 e. The van der Waals surface area contributed by atoms with E-state index in [4.69, 9.17) is 8.37 Å². The number of anilines is 2. The summed E-state index contributed by atoms with van der Waals surface area (Å²) in [6.07, 6.45) is 0. The minimum absolute atomic E-state index is 0.0327.